The summed E-state index contributed by atoms with van der Waals surface area (Å²) >= 11 is 0. The van der Waals surface area contributed by atoms with Crippen LogP contribution in [0.5, 0.6) is 5.75 Å². The maximum Gasteiger partial charge on any atom is 0.573 e. The number of hydrogen-bond donors (Lipinski definition) is 1. The molecule has 0 saturated carbocycles. The lowest BCUT2D eigenvalue weighted by atomic mass is 10.1. The van der Waals surface area contributed by atoms with Crippen LogP contribution in [-0.2, 0) is 11.3 Å². The third-order valence-corrected chi connectivity index (χ3v) is 3.11. The molecule has 0 unspecified atom stereocenters. The van der Waals surface area contributed by atoms with Gasteiger partial charge >= 0.3 is 6.36 Å². The molecule has 0 fully saturated rings. The van der Waals surface area contributed by atoms with Crippen molar-refractivity contribution in [2.45, 2.75) is 12.9 Å². The molecule has 0 aromatic heterocycles. The Labute approximate surface area is 142 Å². The third-order valence-electron chi connectivity index (χ3n) is 3.11. The summed E-state index contributed by atoms with van der Waals surface area (Å²) in [5, 5.41) is 11.7. The van der Waals surface area contributed by atoms with Crippen LogP contribution in [-0.4, -0.2) is 12.3 Å². The highest BCUT2D eigenvalue weighted by atomic mass is 19.4. The normalized spacial score (nSPS) is 11.5. The van der Waals surface area contributed by atoms with Gasteiger partial charge in [-0.1, -0.05) is 48.5 Å². The smallest absolute Gasteiger partial charge is 0.405 e. The SMILES string of the molecule is N#C/C(=C\c1ccccc1OC(F)(F)F)C(=O)NCc1ccccc1. The molecule has 2 rings (SSSR count). The van der Waals surface area contributed by atoms with E-state index in [0.29, 0.717) is 0 Å². The maximum absolute atomic E-state index is 12.4. The molecule has 4 nitrogen and oxygen atoms in total. The first-order valence-corrected chi connectivity index (χ1v) is 7.18. The van der Waals surface area contributed by atoms with Gasteiger partial charge in [0.1, 0.15) is 17.4 Å². The summed E-state index contributed by atoms with van der Waals surface area (Å²) < 4.78 is 41.2. The molecule has 128 valence electrons. The lowest BCUT2D eigenvalue weighted by Crippen LogP contribution is -2.24. The summed E-state index contributed by atoms with van der Waals surface area (Å²) in [5.74, 6) is -1.17. The summed E-state index contributed by atoms with van der Waals surface area (Å²) in [7, 11) is 0. The largest absolute Gasteiger partial charge is 0.573 e. The maximum atomic E-state index is 12.4. The molecule has 2 aromatic carbocycles. The average Bonchev–Trinajstić information content (AvgIpc) is 2.58. The van der Waals surface area contributed by atoms with Gasteiger partial charge in [-0.05, 0) is 17.7 Å². The molecule has 25 heavy (non-hydrogen) atoms. The van der Waals surface area contributed by atoms with Crippen LogP contribution in [0.1, 0.15) is 11.1 Å². The van der Waals surface area contributed by atoms with Crippen LogP contribution in [0.25, 0.3) is 6.08 Å². The Kier molecular flexibility index (Phi) is 5.79. The van der Waals surface area contributed by atoms with Crippen molar-refractivity contribution in [3.63, 3.8) is 0 Å². The van der Waals surface area contributed by atoms with Crippen LogP contribution >= 0.6 is 0 Å². The van der Waals surface area contributed by atoms with Crippen molar-refractivity contribution in [2.24, 2.45) is 0 Å². The average molecular weight is 346 g/mol. The van der Waals surface area contributed by atoms with Crippen LogP contribution in [0.2, 0.25) is 0 Å². The molecule has 0 bridgehead atoms. The molecule has 0 aliphatic carbocycles. The van der Waals surface area contributed by atoms with E-state index in [-0.39, 0.29) is 17.7 Å². The van der Waals surface area contributed by atoms with Gasteiger partial charge in [-0.25, -0.2) is 0 Å². The van der Waals surface area contributed by atoms with E-state index < -0.39 is 18.0 Å². The second kappa shape index (κ2) is 8.02. The van der Waals surface area contributed by atoms with E-state index in [1.807, 2.05) is 6.07 Å². The van der Waals surface area contributed by atoms with Gasteiger partial charge in [0.05, 0.1) is 0 Å². The molecule has 0 aliphatic heterocycles. The fraction of sp³-hybridized carbons (Fsp3) is 0.111. The van der Waals surface area contributed by atoms with Crippen molar-refractivity contribution >= 4 is 12.0 Å². The number of nitrogens with zero attached hydrogens (tertiary/aromatic N) is 1. The van der Waals surface area contributed by atoms with E-state index in [0.717, 1.165) is 17.7 Å². The zero-order valence-corrected chi connectivity index (χ0v) is 12.9. The molecule has 0 heterocycles. The Balaban J connectivity index is 2.17. The van der Waals surface area contributed by atoms with E-state index in [1.54, 1.807) is 30.3 Å². The highest BCUT2D eigenvalue weighted by Gasteiger charge is 2.31. The van der Waals surface area contributed by atoms with Gasteiger partial charge in [0.25, 0.3) is 5.91 Å². The van der Waals surface area contributed by atoms with E-state index in [9.17, 15) is 18.0 Å². The Hall–Kier alpha value is -3.27. The number of nitrogens with one attached hydrogen (secondary N) is 1. The summed E-state index contributed by atoms with van der Waals surface area (Å²) in [6.07, 6.45) is -3.81. The van der Waals surface area contributed by atoms with Crippen LogP contribution < -0.4 is 10.1 Å². The Bertz CT molecular complexity index is 809. The number of benzene rings is 2. The van der Waals surface area contributed by atoms with Crippen molar-refractivity contribution in [1.82, 2.24) is 5.32 Å². The minimum atomic E-state index is -4.87. The quantitative estimate of drug-likeness (QED) is 0.661. The number of alkyl halides is 3. The van der Waals surface area contributed by atoms with Gasteiger partial charge < -0.3 is 10.1 Å². The number of nitriles is 1. The Morgan fingerprint density at radius 1 is 1.12 bits per heavy atom. The van der Waals surface area contributed by atoms with Gasteiger partial charge in [-0.2, -0.15) is 5.26 Å². The second-order valence-corrected chi connectivity index (χ2v) is 4.92. The van der Waals surface area contributed by atoms with Crippen molar-refractivity contribution < 1.29 is 22.7 Å². The Morgan fingerprint density at radius 2 is 1.76 bits per heavy atom. The molecule has 0 spiro atoms. The molecule has 7 heteroatoms. The van der Waals surface area contributed by atoms with Crippen molar-refractivity contribution in [1.29, 1.82) is 5.26 Å². The fourth-order valence-corrected chi connectivity index (χ4v) is 1.99. The zero-order valence-electron chi connectivity index (χ0n) is 12.9. The number of carbonyl (C=O) groups excluding carboxylic acids is 1. The number of para-hydroxylation sites is 1. The standard InChI is InChI=1S/C18H13F3N2O2/c19-18(20,21)25-16-9-5-4-8-14(16)10-15(11-22)17(24)23-12-13-6-2-1-3-7-13/h1-10H,12H2,(H,23,24)/b15-10+. The van der Waals surface area contributed by atoms with Crippen LogP contribution in [0.15, 0.2) is 60.2 Å². The highest BCUT2D eigenvalue weighted by molar-refractivity contribution is 6.01. The summed E-state index contributed by atoms with van der Waals surface area (Å²) in [6, 6.07) is 16.0. The predicted molar refractivity (Wildman–Crippen MR) is 85.0 cm³/mol. The monoisotopic (exact) mass is 346 g/mol. The minimum Gasteiger partial charge on any atom is -0.405 e. The first-order valence-electron chi connectivity index (χ1n) is 7.18. The van der Waals surface area contributed by atoms with Gasteiger partial charge in [-0.15, -0.1) is 13.2 Å². The third kappa shape index (κ3) is 5.70. The van der Waals surface area contributed by atoms with Crippen molar-refractivity contribution in [3.8, 4) is 11.8 Å². The predicted octanol–water partition coefficient (Wildman–Crippen LogP) is 3.81. The molecule has 0 radical (unpaired) electrons. The number of ether oxygens (including phenoxy) is 1. The van der Waals surface area contributed by atoms with Gasteiger partial charge in [0.2, 0.25) is 0 Å². The lowest BCUT2D eigenvalue weighted by Gasteiger charge is -2.11. The van der Waals surface area contributed by atoms with Crippen LogP contribution in [0.3, 0.4) is 0 Å². The Morgan fingerprint density at radius 3 is 2.40 bits per heavy atom. The number of rotatable bonds is 5. The zero-order chi connectivity index (χ0) is 18.3. The van der Waals surface area contributed by atoms with E-state index in [2.05, 4.69) is 10.1 Å². The molecule has 2 aromatic rings. The molecule has 1 N–H and O–H groups in total. The molecule has 0 aliphatic rings. The molecule has 1 amide bonds. The topological polar surface area (TPSA) is 62.1 Å². The second-order valence-electron chi connectivity index (χ2n) is 4.92. The summed E-state index contributed by atoms with van der Waals surface area (Å²) in [5.41, 5.74) is 0.481. The number of carbonyl (C=O) groups is 1. The fourth-order valence-electron chi connectivity index (χ4n) is 1.99. The number of amides is 1. The van der Waals surface area contributed by atoms with Crippen LogP contribution in [0.4, 0.5) is 13.2 Å². The van der Waals surface area contributed by atoms with Gasteiger partial charge in [0.15, 0.2) is 0 Å². The summed E-state index contributed by atoms with van der Waals surface area (Å²) in [4.78, 5) is 12.1. The summed E-state index contributed by atoms with van der Waals surface area (Å²) in [6.45, 7) is 0.194. The molecule has 0 saturated heterocycles. The van der Waals surface area contributed by atoms with Crippen molar-refractivity contribution in [2.75, 3.05) is 0 Å². The van der Waals surface area contributed by atoms with Gasteiger partial charge in [-0.3, -0.25) is 4.79 Å². The lowest BCUT2D eigenvalue weighted by molar-refractivity contribution is -0.274. The van der Waals surface area contributed by atoms with E-state index in [1.165, 1.54) is 18.2 Å². The van der Waals surface area contributed by atoms with Gasteiger partial charge in [0, 0.05) is 12.1 Å². The van der Waals surface area contributed by atoms with Crippen LogP contribution in [0, 0.1) is 11.3 Å². The number of hydrogen-bond acceptors (Lipinski definition) is 3. The first kappa shape index (κ1) is 18.1. The molecule has 0 atom stereocenters. The minimum absolute atomic E-state index is 0.0220. The molecular weight excluding hydrogens is 333 g/mol. The highest BCUT2D eigenvalue weighted by Crippen LogP contribution is 2.27. The first-order chi connectivity index (χ1) is 11.9. The number of halogens is 3. The van der Waals surface area contributed by atoms with E-state index in [4.69, 9.17) is 5.26 Å². The van der Waals surface area contributed by atoms with Crippen molar-refractivity contribution in [3.05, 3.63) is 71.3 Å². The molecular formula is C18H13F3N2O2. The van der Waals surface area contributed by atoms with E-state index >= 15 is 0 Å².